The molecule has 0 aliphatic carbocycles. The lowest BCUT2D eigenvalue weighted by atomic mass is 10.3. The molecule has 2 N–H and O–H groups in total. The first-order chi connectivity index (χ1) is 12.0. The minimum absolute atomic E-state index is 0.0807. The van der Waals surface area contributed by atoms with Crippen LogP contribution in [0.15, 0.2) is 54.9 Å². The molecule has 1 heterocycles. The normalized spacial score (nSPS) is 10.4. The van der Waals surface area contributed by atoms with Crippen LogP contribution in [-0.2, 0) is 0 Å². The van der Waals surface area contributed by atoms with E-state index in [1.165, 1.54) is 18.3 Å². The molecule has 1 amide bonds. The van der Waals surface area contributed by atoms with Crippen LogP contribution in [0, 0.1) is 17.5 Å². The molecule has 3 rings (SSSR count). The van der Waals surface area contributed by atoms with Crippen molar-refractivity contribution in [2.45, 2.75) is 0 Å². The topological polar surface area (TPSA) is 66.9 Å². The Balaban J connectivity index is 1.71. The molecule has 8 heteroatoms. The van der Waals surface area contributed by atoms with Gasteiger partial charge in [-0.05, 0) is 24.3 Å². The van der Waals surface area contributed by atoms with Crippen LogP contribution in [0.25, 0.3) is 0 Å². The van der Waals surface area contributed by atoms with E-state index in [2.05, 4.69) is 20.6 Å². The minimum Gasteiger partial charge on any atom is -0.337 e. The monoisotopic (exact) mass is 344 g/mol. The Morgan fingerprint density at radius 3 is 2.36 bits per heavy atom. The molecule has 0 atom stereocenters. The molecule has 1 aromatic heterocycles. The number of rotatable bonds is 4. The molecular formula is C17H11F3N4O. The van der Waals surface area contributed by atoms with Crippen LogP contribution >= 0.6 is 0 Å². The highest BCUT2D eigenvalue weighted by molar-refractivity contribution is 6.02. The van der Waals surface area contributed by atoms with Gasteiger partial charge in [0.1, 0.15) is 29.0 Å². The van der Waals surface area contributed by atoms with Gasteiger partial charge < -0.3 is 10.6 Å². The summed E-state index contributed by atoms with van der Waals surface area (Å²) in [6.45, 7) is 0. The van der Waals surface area contributed by atoms with E-state index in [-0.39, 0.29) is 22.9 Å². The summed E-state index contributed by atoms with van der Waals surface area (Å²) in [5, 5.41) is 4.99. The highest BCUT2D eigenvalue weighted by Gasteiger charge is 2.12. The lowest BCUT2D eigenvalue weighted by Crippen LogP contribution is -2.15. The predicted octanol–water partition coefficient (Wildman–Crippen LogP) is 3.89. The Morgan fingerprint density at radius 2 is 1.68 bits per heavy atom. The molecule has 0 spiro atoms. The first kappa shape index (κ1) is 16.4. The molecule has 5 nitrogen and oxygen atoms in total. The maximum Gasteiger partial charge on any atom is 0.275 e. The second-order valence-corrected chi connectivity index (χ2v) is 4.97. The number of nitrogens with one attached hydrogen (secondary N) is 2. The van der Waals surface area contributed by atoms with Gasteiger partial charge in [0.25, 0.3) is 5.91 Å². The Bertz CT molecular complexity index is 916. The average molecular weight is 344 g/mol. The molecule has 0 saturated heterocycles. The van der Waals surface area contributed by atoms with Gasteiger partial charge in [-0.15, -0.1) is 0 Å². The van der Waals surface area contributed by atoms with E-state index in [0.717, 1.165) is 18.3 Å². The van der Waals surface area contributed by atoms with Crippen LogP contribution in [0.4, 0.5) is 30.4 Å². The van der Waals surface area contributed by atoms with Crippen molar-refractivity contribution in [1.29, 1.82) is 0 Å². The molecule has 0 unspecified atom stereocenters. The van der Waals surface area contributed by atoms with Gasteiger partial charge in [0.15, 0.2) is 0 Å². The van der Waals surface area contributed by atoms with Gasteiger partial charge in [-0.2, -0.15) is 0 Å². The summed E-state index contributed by atoms with van der Waals surface area (Å²) in [7, 11) is 0. The number of benzene rings is 2. The van der Waals surface area contributed by atoms with Crippen LogP contribution in [0.3, 0.4) is 0 Å². The van der Waals surface area contributed by atoms with Crippen molar-refractivity contribution in [3.63, 3.8) is 0 Å². The molecular weight excluding hydrogens is 333 g/mol. The van der Waals surface area contributed by atoms with E-state index in [4.69, 9.17) is 0 Å². The van der Waals surface area contributed by atoms with Gasteiger partial charge in [-0.25, -0.2) is 23.1 Å². The lowest BCUT2D eigenvalue weighted by Gasteiger charge is -2.08. The van der Waals surface area contributed by atoms with Crippen molar-refractivity contribution in [1.82, 2.24) is 9.97 Å². The molecule has 25 heavy (non-hydrogen) atoms. The predicted molar refractivity (Wildman–Crippen MR) is 86.0 cm³/mol. The third-order valence-corrected chi connectivity index (χ3v) is 3.20. The Kier molecular flexibility index (Phi) is 4.60. The highest BCUT2D eigenvalue weighted by atomic mass is 19.1. The Hall–Kier alpha value is -3.42. The lowest BCUT2D eigenvalue weighted by molar-refractivity contribution is 0.102. The van der Waals surface area contributed by atoms with Crippen LogP contribution in [0.1, 0.15) is 10.5 Å². The second-order valence-electron chi connectivity index (χ2n) is 4.97. The van der Waals surface area contributed by atoms with Crippen LogP contribution in [-0.4, -0.2) is 15.9 Å². The number of carbonyl (C=O) groups excluding carboxylic acids is 1. The third-order valence-electron chi connectivity index (χ3n) is 3.20. The molecule has 126 valence electrons. The summed E-state index contributed by atoms with van der Waals surface area (Å²) < 4.78 is 39.9. The standard InChI is InChI=1S/C17H11F3N4O/c18-10-5-6-14(12(20)7-10)24-17(25)15-8-22-16(9-21-15)23-13-4-2-1-3-11(13)19/h1-9H,(H,22,23)(H,24,25). The van der Waals surface area contributed by atoms with E-state index in [9.17, 15) is 18.0 Å². The van der Waals surface area contributed by atoms with E-state index < -0.39 is 23.4 Å². The molecule has 0 fully saturated rings. The van der Waals surface area contributed by atoms with E-state index in [0.29, 0.717) is 6.07 Å². The van der Waals surface area contributed by atoms with Gasteiger partial charge in [-0.3, -0.25) is 4.79 Å². The summed E-state index contributed by atoms with van der Waals surface area (Å²) in [5.74, 6) is -2.60. The molecule has 2 aromatic carbocycles. The number of hydrogen-bond donors (Lipinski definition) is 2. The van der Waals surface area contributed by atoms with E-state index >= 15 is 0 Å². The van der Waals surface area contributed by atoms with Crippen molar-refractivity contribution in [2.24, 2.45) is 0 Å². The first-order valence-corrected chi connectivity index (χ1v) is 7.13. The van der Waals surface area contributed by atoms with Crippen LogP contribution in [0.2, 0.25) is 0 Å². The summed E-state index contributed by atoms with van der Waals surface area (Å²) in [5.41, 5.74) is -0.0491. The number of halogens is 3. The van der Waals surface area contributed by atoms with Crippen molar-refractivity contribution >= 4 is 23.1 Å². The number of carbonyl (C=O) groups is 1. The maximum absolute atomic E-state index is 13.6. The zero-order valence-corrected chi connectivity index (χ0v) is 12.6. The van der Waals surface area contributed by atoms with E-state index in [1.807, 2.05) is 0 Å². The number of nitrogens with zero attached hydrogens (tertiary/aromatic N) is 2. The van der Waals surface area contributed by atoms with Crippen molar-refractivity contribution in [3.8, 4) is 0 Å². The highest BCUT2D eigenvalue weighted by Crippen LogP contribution is 2.18. The number of amides is 1. The quantitative estimate of drug-likeness (QED) is 0.753. The Labute approximate surface area is 140 Å². The summed E-state index contributed by atoms with van der Waals surface area (Å²) in [4.78, 5) is 19.9. The van der Waals surface area contributed by atoms with Crippen LogP contribution < -0.4 is 10.6 Å². The fraction of sp³-hybridized carbons (Fsp3) is 0. The van der Waals surface area contributed by atoms with Crippen molar-refractivity contribution < 1.29 is 18.0 Å². The third kappa shape index (κ3) is 3.92. The van der Waals surface area contributed by atoms with Crippen LogP contribution in [0.5, 0.6) is 0 Å². The molecule has 3 aromatic rings. The number of hydrogen-bond acceptors (Lipinski definition) is 4. The van der Waals surface area contributed by atoms with Gasteiger partial charge in [0, 0.05) is 6.07 Å². The average Bonchev–Trinajstić information content (AvgIpc) is 2.60. The zero-order valence-electron chi connectivity index (χ0n) is 12.6. The largest absolute Gasteiger partial charge is 0.337 e. The summed E-state index contributed by atoms with van der Waals surface area (Å²) in [6, 6.07) is 8.79. The SMILES string of the molecule is O=C(Nc1ccc(F)cc1F)c1cnc(Nc2ccccc2F)cn1. The number of anilines is 3. The molecule has 0 aliphatic rings. The van der Waals surface area contributed by atoms with Crippen molar-refractivity contribution in [3.05, 3.63) is 78.0 Å². The van der Waals surface area contributed by atoms with E-state index in [1.54, 1.807) is 12.1 Å². The van der Waals surface area contributed by atoms with Gasteiger partial charge in [0.05, 0.1) is 23.8 Å². The van der Waals surface area contributed by atoms with Gasteiger partial charge >= 0.3 is 0 Å². The summed E-state index contributed by atoms with van der Waals surface area (Å²) in [6.07, 6.45) is 2.39. The Morgan fingerprint density at radius 1 is 0.880 bits per heavy atom. The molecule has 0 bridgehead atoms. The zero-order chi connectivity index (χ0) is 17.8. The maximum atomic E-state index is 13.6. The first-order valence-electron chi connectivity index (χ1n) is 7.13. The number of para-hydroxylation sites is 1. The molecule has 0 aliphatic heterocycles. The number of aromatic nitrogens is 2. The fourth-order valence-corrected chi connectivity index (χ4v) is 1.99. The summed E-state index contributed by atoms with van der Waals surface area (Å²) >= 11 is 0. The minimum atomic E-state index is -0.904. The molecule has 0 saturated carbocycles. The van der Waals surface area contributed by atoms with Crippen molar-refractivity contribution in [2.75, 3.05) is 10.6 Å². The fourth-order valence-electron chi connectivity index (χ4n) is 1.99. The van der Waals surface area contributed by atoms with Gasteiger partial charge in [0.2, 0.25) is 0 Å². The second kappa shape index (κ2) is 7.00. The molecule has 0 radical (unpaired) electrons. The van der Waals surface area contributed by atoms with Gasteiger partial charge in [-0.1, -0.05) is 12.1 Å². The smallest absolute Gasteiger partial charge is 0.275 e.